The highest BCUT2D eigenvalue weighted by Gasteiger charge is 2.48. The summed E-state index contributed by atoms with van der Waals surface area (Å²) in [7, 11) is 1.81. The van der Waals surface area contributed by atoms with Crippen LogP contribution in [-0.4, -0.2) is 51.6 Å². The Balaban J connectivity index is 1.63. The van der Waals surface area contributed by atoms with E-state index in [0.29, 0.717) is 18.2 Å². The van der Waals surface area contributed by atoms with Gasteiger partial charge in [-0.25, -0.2) is 0 Å². The molecule has 0 aromatic carbocycles. The summed E-state index contributed by atoms with van der Waals surface area (Å²) >= 11 is 0. The first kappa shape index (κ1) is 13.3. The van der Waals surface area contributed by atoms with E-state index in [1.807, 2.05) is 7.11 Å². The van der Waals surface area contributed by atoms with E-state index in [1.54, 1.807) is 0 Å². The monoisotopic (exact) mass is 242 g/mol. The number of methoxy groups -OCH3 is 1. The molecule has 2 aliphatic rings. The first-order valence-corrected chi connectivity index (χ1v) is 6.73. The molecule has 4 nitrogen and oxygen atoms in total. The van der Waals surface area contributed by atoms with Crippen molar-refractivity contribution in [3.63, 3.8) is 0 Å². The number of hydrogen-bond donors (Lipinski definition) is 2. The smallest absolute Gasteiger partial charge is 0.0712 e. The molecular weight excluding hydrogens is 216 g/mol. The summed E-state index contributed by atoms with van der Waals surface area (Å²) in [5, 5.41) is 6.99. The maximum Gasteiger partial charge on any atom is 0.0712 e. The molecule has 1 saturated carbocycles. The SMILES string of the molecule is COC1CC(NCCC2CNCCO2)C1(C)C. The van der Waals surface area contributed by atoms with Gasteiger partial charge in [0, 0.05) is 31.7 Å². The molecule has 2 rings (SSSR count). The molecule has 4 heteroatoms. The predicted molar refractivity (Wildman–Crippen MR) is 68.2 cm³/mol. The Morgan fingerprint density at radius 1 is 1.47 bits per heavy atom. The largest absolute Gasteiger partial charge is 0.381 e. The Kier molecular flexibility index (Phi) is 4.42. The molecule has 0 bridgehead atoms. The van der Waals surface area contributed by atoms with Crippen LogP contribution in [0.5, 0.6) is 0 Å². The fourth-order valence-corrected chi connectivity index (χ4v) is 2.86. The van der Waals surface area contributed by atoms with Gasteiger partial charge in [-0.2, -0.15) is 0 Å². The predicted octanol–water partition coefficient (Wildman–Crippen LogP) is 0.768. The highest BCUT2D eigenvalue weighted by Crippen LogP contribution is 2.42. The van der Waals surface area contributed by atoms with E-state index in [9.17, 15) is 0 Å². The number of rotatable bonds is 5. The lowest BCUT2D eigenvalue weighted by Crippen LogP contribution is -2.61. The molecule has 1 aliphatic heterocycles. The summed E-state index contributed by atoms with van der Waals surface area (Å²) in [6, 6.07) is 0.587. The Bertz CT molecular complexity index is 240. The van der Waals surface area contributed by atoms with Crippen LogP contribution >= 0.6 is 0 Å². The average Bonchev–Trinajstić information content (AvgIpc) is 2.34. The molecule has 2 N–H and O–H groups in total. The van der Waals surface area contributed by atoms with Crippen LogP contribution in [0.1, 0.15) is 26.7 Å². The second kappa shape index (κ2) is 5.65. The zero-order valence-corrected chi connectivity index (χ0v) is 11.3. The van der Waals surface area contributed by atoms with E-state index in [2.05, 4.69) is 24.5 Å². The summed E-state index contributed by atoms with van der Waals surface area (Å²) in [6.07, 6.45) is 3.02. The third-order valence-electron chi connectivity index (χ3n) is 4.32. The maximum atomic E-state index is 5.68. The normalized spacial score (nSPS) is 36.5. The van der Waals surface area contributed by atoms with Gasteiger partial charge >= 0.3 is 0 Å². The van der Waals surface area contributed by atoms with Crippen molar-refractivity contribution < 1.29 is 9.47 Å². The molecule has 1 aliphatic carbocycles. The molecule has 0 radical (unpaired) electrons. The fraction of sp³-hybridized carbons (Fsp3) is 1.00. The van der Waals surface area contributed by atoms with Gasteiger partial charge in [0.25, 0.3) is 0 Å². The van der Waals surface area contributed by atoms with Gasteiger partial charge in [-0.05, 0) is 19.4 Å². The van der Waals surface area contributed by atoms with Crippen LogP contribution in [-0.2, 0) is 9.47 Å². The second-order valence-corrected chi connectivity index (χ2v) is 5.77. The molecule has 0 amide bonds. The number of ether oxygens (including phenoxy) is 2. The van der Waals surface area contributed by atoms with Gasteiger partial charge in [0.15, 0.2) is 0 Å². The molecule has 0 aromatic rings. The molecule has 1 saturated heterocycles. The van der Waals surface area contributed by atoms with Gasteiger partial charge in [-0.3, -0.25) is 0 Å². The zero-order valence-electron chi connectivity index (χ0n) is 11.3. The van der Waals surface area contributed by atoms with E-state index in [4.69, 9.17) is 9.47 Å². The summed E-state index contributed by atoms with van der Waals surface area (Å²) < 4.78 is 11.1. The lowest BCUT2D eigenvalue weighted by molar-refractivity contribution is -0.0981. The summed E-state index contributed by atoms with van der Waals surface area (Å²) in [5.41, 5.74) is 0.264. The molecule has 17 heavy (non-hydrogen) atoms. The lowest BCUT2D eigenvalue weighted by Gasteiger charge is -2.51. The minimum Gasteiger partial charge on any atom is -0.381 e. The third kappa shape index (κ3) is 2.99. The fourth-order valence-electron chi connectivity index (χ4n) is 2.86. The molecule has 2 fully saturated rings. The summed E-state index contributed by atoms with van der Waals surface area (Å²) in [4.78, 5) is 0. The number of morpholine rings is 1. The quantitative estimate of drug-likeness (QED) is 0.747. The van der Waals surface area contributed by atoms with E-state index in [-0.39, 0.29) is 5.41 Å². The van der Waals surface area contributed by atoms with Crippen molar-refractivity contribution in [3.8, 4) is 0 Å². The molecule has 1 heterocycles. The Labute approximate surface area is 104 Å². The molecule has 100 valence electrons. The Morgan fingerprint density at radius 2 is 2.29 bits per heavy atom. The van der Waals surface area contributed by atoms with Crippen molar-refractivity contribution in [2.75, 3.05) is 33.4 Å². The van der Waals surface area contributed by atoms with Crippen molar-refractivity contribution in [3.05, 3.63) is 0 Å². The minimum absolute atomic E-state index is 0.264. The summed E-state index contributed by atoms with van der Waals surface area (Å²) in [6.45, 7) is 8.44. The Morgan fingerprint density at radius 3 is 2.88 bits per heavy atom. The van der Waals surface area contributed by atoms with E-state index in [1.165, 1.54) is 0 Å². The minimum atomic E-state index is 0.264. The first-order valence-electron chi connectivity index (χ1n) is 6.73. The van der Waals surface area contributed by atoms with Crippen LogP contribution in [0.4, 0.5) is 0 Å². The summed E-state index contributed by atoms with van der Waals surface area (Å²) in [5.74, 6) is 0. The topological polar surface area (TPSA) is 42.5 Å². The van der Waals surface area contributed by atoms with Crippen LogP contribution in [0.25, 0.3) is 0 Å². The standard InChI is InChI=1S/C13H26N2O2/c1-13(2)11(8-12(13)16-3)15-5-4-10-9-14-6-7-17-10/h10-12,14-15H,4-9H2,1-3H3. The van der Waals surface area contributed by atoms with Crippen molar-refractivity contribution in [1.29, 1.82) is 0 Å². The van der Waals surface area contributed by atoms with Crippen LogP contribution in [0.15, 0.2) is 0 Å². The van der Waals surface area contributed by atoms with Crippen LogP contribution in [0.2, 0.25) is 0 Å². The van der Waals surface area contributed by atoms with E-state index >= 15 is 0 Å². The van der Waals surface area contributed by atoms with Crippen LogP contribution in [0, 0.1) is 5.41 Å². The first-order chi connectivity index (χ1) is 8.14. The molecular formula is C13H26N2O2. The average molecular weight is 242 g/mol. The van der Waals surface area contributed by atoms with E-state index < -0.39 is 0 Å². The van der Waals surface area contributed by atoms with E-state index in [0.717, 1.165) is 39.1 Å². The van der Waals surface area contributed by atoms with Gasteiger partial charge in [-0.15, -0.1) is 0 Å². The molecule has 0 spiro atoms. The van der Waals surface area contributed by atoms with Crippen molar-refractivity contribution in [1.82, 2.24) is 10.6 Å². The van der Waals surface area contributed by atoms with Crippen molar-refractivity contribution in [2.24, 2.45) is 5.41 Å². The van der Waals surface area contributed by atoms with Gasteiger partial charge in [0.05, 0.1) is 18.8 Å². The lowest BCUT2D eigenvalue weighted by atomic mass is 9.64. The second-order valence-electron chi connectivity index (χ2n) is 5.77. The highest BCUT2D eigenvalue weighted by atomic mass is 16.5. The molecule has 0 aromatic heterocycles. The highest BCUT2D eigenvalue weighted by molar-refractivity contribution is 5.02. The Hall–Kier alpha value is -0.160. The maximum absolute atomic E-state index is 5.68. The number of nitrogens with one attached hydrogen (secondary N) is 2. The third-order valence-corrected chi connectivity index (χ3v) is 4.32. The van der Waals surface area contributed by atoms with Gasteiger partial charge in [0.2, 0.25) is 0 Å². The van der Waals surface area contributed by atoms with Crippen LogP contribution in [0.3, 0.4) is 0 Å². The van der Waals surface area contributed by atoms with Crippen molar-refractivity contribution >= 4 is 0 Å². The number of hydrogen-bond acceptors (Lipinski definition) is 4. The van der Waals surface area contributed by atoms with Gasteiger partial charge < -0.3 is 20.1 Å². The molecule has 3 atom stereocenters. The zero-order chi connectivity index (χ0) is 12.3. The van der Waals surface area contributed by atoms with Crippen molar-refractivity contribution in [2.45, 2.75) is 44.9 Å². The molecule has 3 unspecified atom stereocenters. The van der Waals surface area contributed by atoms with Crippen LogP contribution < -0.4 is 10.6 Å². The van der Waals surface area contributed by atoms with Gasteiger partial charge in [-0.1, -0.05) is 13.8 Å². The van der Waals surface area contributed by atoms with Gasteiger partial charge in [0.1, 0.15) is 0 Å².